The number of nitro groups is 1. The summed E-state index contributed by atoms with van der Waals surface area (Å²) in [7, 11) is 1.31. The maximum Gasteiger partial charge on any atom is 0.295 e. The molecule has 1 heterocycles. The molecule has 0 unspecified atom stereocenters. The Balaban J connectivity index is 1.80. The number of nitrogens with one attached hydrogen (secondary N) is 1. The molecule has 0 fully saturated rings. The van der Waals surface area contributed by atoms with Gasteiger partial charge in [0, 0.05) is 17.0 Å². The zero-order valence-corrected chi connectivity index (χ0v) is 14.0. The lowest BCUT2D eigenvalue weighted by molar-refractivity contribution is -0.384. The van der Waals surface area contributed by atoms with Crippen molar-refractivity contribution >= 4 is 22.7 Å². The van der Waals surface area contributed by atoms with Crippen molar-refractivity contribution in [3.8, 4) is 16.3 Å². The van der Waals surface area contributed by atoms with Crippen LogP contribution in [0.15, 0.2) is 47.8 Å². The number of anilines is 1. The largest absolute Gasteiger partial charge is 0.494 e. The van der Waals surface area contributed by atoms with E-state index in [1.54, 1.807) is 0 Å². The number of hydrogen-bond donors (Lipinski definition) is 1. The van der Waals surface area contributed by atoms with Gasteiger partial charge in [-0.2, -0.15) is 0 Å². The van der Waals surface area contributed by atoms with E-state index in [4.69, 9.17) is 4.74 Å². The summed E-state index contributed by atoms with van der Waals surface area (Å²) in [4.78, 5) is 15.0. The standard InChI is InChI=1S/C17H14FN3O3S/c1-24-16-8-14(15(21(22)23)7-13(16)18)19-9-12-10-25-17(20-12)11-5-3-2-4-6-11/h2-8,10,19H,9H2,1H3. The van der Waals surface area contributed by atoms with Gasteiger partial charge in [0.05, 0.1) is 30.3 Å². The molecule has 0 bridgehead atoms. The SMILES string of the molecule is COc1cc(NCc2csc(-c3ccccc3)n2)c([N+](=O)[O-])cc1F. The third-order valence-electron chi connectivity index (χ3n) is 3.50. The first-order chi connectivity index (χ1) is 12.1. The van der Waals surface area contributed by atoms with Crippen LogP contribution < -0.4 is 10.1 Å². The van der Waals surface area contributed by atoms with Gasteiger partial charge in [-0.1, -0.05) is 30.3 Å². The molecular weight excluding hydrogens is 345 g/mol. The van der Waals surface area contributed by atoms with Gasteiger partial charge < -0.3 is 10.1 Å². The topological polar surface area (TPSA) is 77.3 Å². The summed E-state index contributed by atoms with van der Waals surface area (Å²) in [5.74, 6) is -0.837. The van der Waals surface area contributed by atoms with E-state index >= 15 is 0 Å². The number of nitrogens with zero attached hydrogens (tertiary/aromatic N) is 2. The van der Waals surface area contributed by atoms with Crippen molar-refractivity contribution in [3.63, 3.8) is 0 Å². The van der Waals surface area contributed by atoms with Gasteiger partial charge in [-0.15, -0.1) is 11.3 Å². The lowest BCUT2D eigenvalue weighted by atomic mass is 10.2. The molecule has 0 amide bonds. The van der Waals surface area contributed by atoms with Crippen LogP contribution >= 0.6 is 11.3 Å². The molecule has 0 aliphatic carbocycles. The van der Waals surface area contributed by atoms with Crippen LogP contribution in [0.25, 0.3) is 10.6 Å². The predicted octanol–water partition coefficient (Wildman–Crippen LogP) is 4.48. The van der Waals surface area contributed by atoms with Gasteiger partial charge in [-0.05, 0) is 0 Å². The van der Waals surface area contributed by atoms with Gasteiger partial charge in [0.15, 0.2) is 11.6 Å². The predicted molar refractivity (Wildman–Crippen MR) is 94.5 cm³/mol. The fourth-order valence-corrected chi connectivity index (χ4v) is 3.11. The van der Waals surface area contributed by atoms with Crippen molar-refractivity contribution in [2.75, 3.05) is 12.4 Å². The number of hydrogen-bond acceptors (Lipinski definition) is 6. The van der Waals surface area contributed by atoms with Gasteiger partial charge in [-0.3, -0.25) is 10.1 Å². The molecule has 1 N–H and O–H groups in total. The summed E-state index contributed by atoms with van der Waals surface area (Å²) in [5.41, 5.74) is 1.57. The molecule has 0 atom stereocenters. The summed E-state index contributed by atoms with van der Waals surface area (Å²) in [6, 6.07) is 11.8. The Hall–Kier alpha value is -3.00. The lowest BCUT2D eigenvalue weighted by Gasteiger charge is -2.08. The zero-order chi connectivity index (χ0) is 17.8. The molecule has 0 aliphatic rings. The average molecular weight is 359 g/mol. The maximum absolute atomic E-state index is 13.7. The maximum atomic E-state index is 13.7. The molecule has 8 heteroatoms. The number of methoxy groups -OCH3 is 1. The Morgan fingerprint density at radius 3 is 2.76 bits per heavy atom. The Labute approximate surface area is 147 Å². The van der Waals surface area contributed by atoms with E-state index in [0.717, 1.165) is 22.3 Å². The van der Waals surface area contributed by atoms with Crippen molar-refractivity contribution in [2.24, 2.45) is 0 Å². The van der Waals surface area contributed by atoms with Crippen LogP contribution in [0, 0.1) is 15.9 Å². The highest BCUT2D eigenvalue weighted by atomic mass is 32.1. The van der Waals surface area contributed by atoms with E-state index in [0.29, 0.717) is 0 Å². The molecule has 1 aromatic heterocycles. The van der Waals surface area contributed by atoms with Crippen molar-refractivity contribution in [2.45, 2.75) is 6.54 Å². The minimum absolute atomic E-state index is 0.0589. The summed E-state index contributed by atoms with van der Waals surface area (Å²) in [6.45, 7) is 0.277. The molecule has 25 heavy (non-hydrogen) atoms. The monoisotopic (exact) mass is 359 g/mol. The average Bonchev–Trinajstić information content (AvgIpc) is 3.10. The normalized spacial score (nSPS) is 10.5. The molecule has 0 aliphatic heterocycles. The first-order valence-electron chi connectivity index (χ1n) is 7.34. The van der Waals surface area contributed by atoms with Crippen molar-refractivity contribution in [1.82, 2.24) is 4.98 Å². The van der Waals surface area contributed by atoms with Crippen molar-refractivity contribution < 1.29 is 14.1 Å². The molecule has 6 nitrogen and oxygen atoms in total. The number of aromatic nitrogens is 1. The van der Waals surface area contributed by atoms with E-state index in [9.17, 15) is 14.5 Å². The Morgan fingerprint density at radius 1 is 1.32 bits per heavy atom. The number of benzene rings is 2. The third kappa shape index (κ3) is 3.74. The lowest BCUT2D eigenvalue weighted by Crippen LogP contribution is -2.04. The van der Waals surface area contributed by atoms with E-state index in [1.807, 2.05) is 35.7 Å². The van der Waals surface area contributed by atoms with Crippen LogP contribution in [0.2, 0.25) is 0 Å². The fourth-order valence-electron chi connectivity index (χ4n) is 2.28. The van der Waals surface area contributed by atoms with E-state index < -0.39 is 10.7 Å². The Morgan fingerprint density at radius 2 is 2.08 bits per heavy atom. The molecule has 3 aromatic rings. The van der Waals surface area contributed by atoms with E-state index in [1.165, 1.54) is 24.5 Å². The van der Waals surface area contributed by atoms with Gasteiger partial charge in [0.2, 0.25) is 0 Å². The highest BCUT2D eigenvalue weighted by Gasteiger charge is 2.19. The van der Waals surface area contributed by atoms with Crippen molar-refractivity contribution in [1.29, 1.82) is 0 Å². The Bertz CT molecular complexity index is 899. The number of nitro benzene ring substituents is 1. The summed E-state index contributed by atoms with van der Waals surface area (Å²) in [6.07, 6.45) is 0. The zero-order valence-electron chi connectivity index (χ0n) is 13.2. The van der Waals surface area contributed by atoms with Crippen LogP contribution in [0.3, 0.4) is 0 Å². The molecule has 0 saturated carbocycles. The van der Waals surface area contributed by atoms with Crippen LogP contribution in [0.4, 0.5) is 15.8 Å². The van der Waals surface area contributed by atoms with Crippen molar-refractivity contribution in [3.05, 3.63) is 69.5 Å². The minimum Gasteiger partial charge on any atom is -0.494 e. The summed E-state index contributed by atoms with van der Waals surface area (Å²) >= 11 is 1.49. The van der Waals surface area contributed by atoms with Gasteiger partial charge in [-0.25, -0.2) is 9.37 Å². The number of halogens is 1. The highest BCUT2D eigenvalue weighted by molar-refractivity contribution is 7.13. The van der Waals surface area contributed by atoms with Crippen LogP contribution in [0.1, 0.15) is 5.69 Å². The first-order valence-corrected chi connectivity index (χ1v) is 8.22. The minimum atomic E-state index is -0.778. The molecule has 3 rings (SSSR count). The number of thiazole rings is 1. The van der Waals surface area contributed by atoms with Crippen LogP contribution in [0.5, 0.6) is 5.75 Å². The van der Waals surface area contributed by atoms with Crippen LogP contribution in [-0.2, 0) is 6.54 Å². The molecule has 0 spiro atoms. The summed E-state index contributed by atoms with van der Waals surface area (Å²) in [5, 5.41) is 16.8. The van der Waals surface area contributed by atoms with Gasteiger partial charge >= 0.3 is 0 Å². The fraction of sp³-hybridized carbons (Fsp3) is 0.118. The molecular formula is C17H14FN3O3S. The van der Waals surface area contributed by atoms with Gasteiger partial charge in [0.1, 0.15) is 10.7 Å². The molecule has 128 valence electrons. The second kappa shape index (κ2) is 7.27. The first kappa shape index (κ1) is 16.8. The van der Waals surface area contributed by atoms with Crippen LogP contribution in [-0.4, -0.2) is 17.0 Å². The van der Waals surface area contributed by atoms with Gasteiger partial charge in [0.25, 0.3) is 5.69 Å². The molecule has 0 saturated heterocycles. The second-order valence-electron chi connectivity index (χ2n) is 5.12. The smallest absolute Gasteiger partial charge is 0.295 e. The highest BCUT2D eigenvalue weighted by Crippen LogP contribution is 2.32. The quantitative estimate of drug-likeness (QED) is 0.519. The summed E-state index contributed by atoms with van der Waals surface area (Å²) < 4.78 is 18.6. The van der Waals surface area contributed by atoms with E-state index in [2.05, 4.69) is 10.3 Å². The third-order valence-corrected chi connectivity index (χ3v) is 4.44. The molecule has 0 radical (unpaired) electrons. The van der Waals surface area contributed by atoms with E-state index in [-0.39, 0.29) is 23.7 Å². The Kier molecular flexibility index (Phi) is 4.90. The number of ether oxygens (including phenoxy) is 1. The molecule has 2 aromatic carbocycles. The number of rotatable bonds is 6. The second-order valence-corrected chi connectivity index (χ2v) is 5.98.